The summed E-state index contributed by atoms with van der Waals surface area (Å²) in [6.07, 6.45) is 0. The van der Waals surface area contributed by atoms with Crippen molar-refractivity contribution in [1.82, 2.24) is 0 Å². The van der Waals surface area contributed by atoms with Gasteiger partial charge in [-0.1, -0.05) is 11.6 Å². The molecule has 0 bridgehead atoms. The van der Waals surface area contributed by atoms with Crippen molar-refractivity contribution in [3.05, 3.63) is 40.4 Å². The summed E-state index contributed by atoms with van der Waals surface area (Å²) in [7, 11) is 1.09. The lowest BCUT2D eigenvalue weighted by Gasteiger charge is -1.96. The van der Waals surface area contributed by atoms with Gasteiger partial charge < -0.3 is 10.3 Å². The molecule has 6 heteroatoms. The second-order valence-electron chi connectivity index (χ2n) is 2.78. The minimum Gasteiger partial charge on any atom is -0.460 e. The molecule has 0 spiro atoms. The summed E-state index contributed by atoms with van der Waals surface area (Å²) in [6, 6.07) is 5.81. The average molecular weight is 239 g/mol. The predicted octanol–water partition coefficient (Wildman–Crippen LogP) is 1.37. The quantitative estimate of drug-likeness (QED) is 0.199. The fraction of sp³-hybridized carbons (Fsp3) is 0.100. The Kier molecular flexibility index (Phi) is 3.94. The number of ether oxygens (including phenoxy) is 1. The number of hydrogen-bond donors (Lipinski definition) is 0. The van der Waals surface area contributed by atoms with Crippen LogP contribution in [0.2, 0.25) is 5.02 Å². The molecule has 0 heterocycles. The Morgan fingerprint density at radius 3 is 2.31 bits per heavy atom. The fourth-order valence-corrected chi connectivity index (χ4v) is 1.14. The summed E-state index contributed by atoms with van der Waals surface area (Å²) in [6.45, 7) is 0. The lowest BCUT2D eigenvalue weighted by Crippen LogP contribution is -2.26. The highest BCUT2D eigenvalue weighted by atomic mass is 35.5. The molecule has 1 rings (SSSR count). The number of benzene rings is 1. The normalized spacial score (nSPS) is 9.12. The molecule has 0 atom stereocenters. The summed E-state index contributed by atoms with van der Waals surface area (Å²) in [5, 5.41) is 0.456. The number of halogens is 1. The second-order valence-corrected chi connectivity index (χ2v) is 3.21. The molecular weight excluding hydrogens is 232 g/mol. The average Bonchev–Trinajstić information content (AvgIpc) is 2.30. The monoisotopic (exact) mass is 238 g/mol. The number of hydrogen-bond acceptors (Lipinski definition) is 3. The molecule has 0 unspecified atom stereocenters. The highest BCUT2D eigenvalue weighted by Gasteiger charge is 2.31. The molecule has 0 aliphatic carbocycles. The van der Waals surface area contributed by atoms with Gasteiger partial charge in [-0.3, -0.25) is 4.79 Å². The Bertz CT molecular complexity index is 475. The maximum absolute atomic E-state index is 11.7. The lowest BCUT2D eigenvalue weighted by molar-refractivity contribution is -0.137. The van der Waals surface area contributed by atoms with Crippen molar-refractivity contribution in [2.24, 2.45) is 0 Å². The van der Waals surface area contributed by atoms with Gasteiger partial charge in [0, 0.05) is 10.6 Å². The highest BCUT2D eigenvalue weighted by molar-refractivity contribution is 6.65. The molecule has 0 saturated carbocycles. The maximum Gasteiger partial charge on any atom is 0.446 e. The second kappa shape index (κ2) is 5.21. The molecule has 0 saturated heterocycles. The summed E-state index contributed by atoms with van der Waals surface area (Å²) in [5.74, 6) is -1.73. The van der Waals surface area contributed by atoms with Crippen molar-refractivity contribution in [2.75, 3.05) is 7.11 Å². The van der Waals surface area contributed by atoms with E-state index in [0.29, 0.717) is 5.02 Å². The molecule has 0 fully saturated rings. The van der Waals surface area contributed by atoms with Crippen molar-refractivity contribution in [1.29, 1.82) is 0 Å². The third-order valence-corrected chi connectivity index (χ3v) is 2.05. The van der Waals surface area contributed by atoms with E-state index in [1.165, 1.54) is 24.3 Å². The minimum atomic E-state index is -0.998. The van der Waals surface area contributed by atoms with Gasteiger partial charge in [0.05, 0.1) is 7.11 Å². The van der Waals surface area contributed by atoms with Crippen molar-refractivity contribution < 1.29 is 19.1 Å². The molecule has 0 aliphatic heterocycles. The van der Waals surface area contributed by atoms with Gasteiger partial charge in [-0.2, -0.15) is 4.79 Å². The number of Topliss-reactive ketones (excluding diaryl/α,β-unsaturated/α-hetero) is 1. The summed E-state index contributed by atoms with van der Waals surface area (Å²) in [5.41, 5.74) is 8.06. The molecule has 5 nitrogen and oxygen atoms in total. The molecule has 0 aromatic heterocycles. The Hall–Kier alpha value is -1.97. The van der Waals surface area contributed by atoms with Crippen LogP contribution in [0.4, 0.5) is 0 Å². The molecule has 16 heavy (non-hydrogen) atoms. The van der Waals surface area contributed by atoms with Gasteiger partial charge in [0.25, 0.3) is 5.78 Å². The SMILES string of the molecule is COC(=O)C(=[N+]=[N-])C(=O)c1ccc(Cl)cc1. The van der Waals surface area contributed by atoms with Gasteiger partial charge >= 0.3 is 11.7 Å². The van der Waals surface area contributed by atoms with Crippen molar-refractivity contribution in [3.8, 4) is 0 Å². The Balaban J connectivity index is 3.06. The van der Waals surface area contributed by atoms with Crippen molar-refractivity contribution in [2.45, 2.75) is 0 Å². The van der Waals surface area contributed by atoms with E-state index in [1.54, 1.807) is 0 Å². The van der Waals surface area contributed by atoms with Crippen molar-refractivity contribution >= 4 is 29.1 Å². The van der Waals surface area contributed by atoms with Gasteiger partial charge in [-0.25, -0.2) is 4.79 Å². The summed E-state index contributed by atoms with van der Waals surface area (Å²) >= 11 is 5.64. The third-order valence-electron chi connectivity index (χ3n) is 1.80. The van der Waals surface area contributed by atoms with Crippen LogP contribution in [0.15, 0.2) is 24.3 Å². The first-order valence-corrected chi connectivity index (χ1v) is 4.58. The van der Waals surface area contributed by atoms with Gasteiger partial charge in [-0.05, 0) is 24.3 Å². The van der Waals surface area contributed by atoms with Gasteiger partial charge in [0.2, 0.25) is 0 Å². The van der Waals surface area contributed by atoms with Crippen molar-refractivity contribution in [3.63, 3.8) is 0 Å². The van der Waals surface area contributed by atoms with Crippen LogP contribution in [0, 0.1) is 0 Å². The van der Waals surface area contributed by atoms with Crippen LogP contribution in [0.5, 0.6) is 0 Å². The number of carbonyl (C=O) groups excluding carboxylic acids is 2. The van der Waals surface area contributed by atoms with E-state index in [1.807, 2.05) is 0 Å². The van der Waals surface area contributed by atoms with E-state index in [9.17, 15) is 9.59 Å². The first kappa shape index (κ1) is 12.1. The number of ketones is 1. The first-order chi connectivity index (χ1) is 7.60. The zero-order valence-electron chi connectivity index (χ0n) is 8.31. The summed E-state index contributed by atoms with van der Waals surface area (Å²) < 4.78 is 4.29. The highest BCUT2D eigenvalue weighted by Crippen LogP contribution is 2.10. The fourth-order valence-electron chi connectivity index (χ4n) is 1.01. The molecule has 0 N–H and O–H groups in total. The van der Waals surface area contributed by atoms with Crippen LogP contribution in [0.25, 0.3) is 5.53 Å². The van der Waals surface area contributed by atoms with Gasteiger partial charge in [-0.15, -0.1) is 0 Å². The van der Waals surface area contributed by atoms with E-state index in [0.717, 1.165) is 7.11 Å². The molecule has 1 aromatic rings. The molecular formula is C10H7ClN2O3. The van der Waals surface area contributed by atoms with E-state index in [-0.39, 0.29) is 5.56 Å². The van der Waals surface area contributed by atoms with Crippen LogP contribution >= 0.6 is 11.6 Å². The minimum absolute atomic E-state index is 0.183. The number of rotatable bonds is 3. The lowest BCUT2D eigenvalue weighted by atomic mass is 10.1. The van der Waals surface area contributed by atoms with Crippen LogP contribution in [0.3, 0.4) is 0 Å². The van der Waals surface area contributed by atoms with Crippen LogP contribution in [-0.2, 0) is 9.53 Å². The smallest absolute Gasteiger partial charge is 0.446 e. The zero-order valence-corrected chi connectivity index (χ0v) is 9.06. The van der Waals surface area contributed by atoms with Gasteiger partial charge in [0.15, 0.2) is 0 Å². The maximum atomic E-state index is 11.7. The topological polar surface area (TPSA) is 79.8 Å². The van der Waals surface area contributed by atoms with Crippen LogP contribution < -0.4 is 0 Å². The largest absolute Gasteiger partial charge is 0.460 e. The predicted molar refractivity (Wildman–Crippen MR) is 56.4 cm³/mol. The molecule has 0 radical (unpaired) electrons. The standard InChI is InChI=1S/C10H7ClN2O3/c1-16-10(15)8(13-12)9(14)6-2-4-7(11)5-3-6/h2-5H,1H3. The first-order valence-electron chi connectivity index (χ1n) is 4.20. The van der Waals surface area contributed by atoms with E-state index in [4.69, 9.17) is 17.1 Å². The molecule has 82 valence electrons. The van der Waals surface area contributed by atoms with Crippen LogP contribution in [-0.4, -0.2) is 29.4 Å². The molecule has 1 aromatic carbocycles. The van der Waals surface area contributed by atoms with Crippen LogP contribution in [0.1, 0.15) is 10.4 Å². The number of nitrogens with zero attached hydrogens (tertiary/aromatic N) is 2. The Morgan fingerprint density at radius 1 is 1.31 bits per heavy atom. The Morgan fingerprint density at radius 2 is 1.88 bits per heavy atom. The van der Waals surface area contributed by atoms with E-state index >= 15 is 0 Å². The number of esters is 1. The Labute approximate surface area is 96.2 Å². The molecule has 0 amide bonds. The van der Waals surface area contributed by atoms with E-state index in [2.05, 4.69) is 9.53 Å². The molecule has 0 aliphatic rings. The van der Waals surface area contributed by atoms with Gasteiger partial charge in [0.1, 0.15) is 0 Å². The number of carbonyl (C=O) groups is 2. The van der Waals surface area contributed by atoms with E-state index < -0.39 is 17.5 Å². The number of methoxy groups -OCH3 is 1. The summed E-state index contributed by atoms with van der Waals surface area (Å²) in [4.78, 5) is 25.3. The zero-order chi connectivity index (χ0) is 12.1. The third kappa shape index (κ3) is 2.53.